The molecule has 6 nitrogen and oxygen atoms in total. The summed E-state index contributed by atoms with van der Waals surface area (Å²) >= 11 is 0. The predicted molar refractivity (Wildman–Crippen MR) is 117 cm³/mol. The van der Waals surface area contributed by atoms with Gasteiger partial charge in [-0.05, 0) is 44.0 Å². The Hall–Kier alpha value is -2.99. The van der Waals surface area contributed by atoms with Gasteiger partial charge in [0.05, 0.1) is 6.04 Å². The van der Waals surface area contributed by atoms with Crippen molar-refractivity contribution in [2.75, 3.05) is 13.6 Å². The van der Waals surface area contributed by atoms with Gasteiger partial charge in [-0.3, -0.25) is 14.8 Å². The highest BCUT2D eigenvalue weighted by Gasteiger charge is 2.47. The van der Waals surface area contributed by atoms with E-state index in [2.05, 4.69) is 81.0 Å². The third kappa shape index (κ3) is 4.00. The summed E-state index contributed by atoms with van der Waals surface area (Å²) in [6.07, 6.45) is 2.32. The maximum absolute atomic E-state index is 13.7. The SMILES string of the molecule is Cc1nc(C(C)NC(=O)C2(N(C)CCc3ccccc3)Cc3ccccc3C2)n[nH]1. The van der Waals surface area contributed by atoms with Crippen molar-refractivity contribution in [2.24, 2.45) is 0 Å². The Morgan fingerprint density at radius 2 is 1.77 bits per heavy atom. The summed E-state index contributed by atoms with van der Waals surface area (Å²) in [7, 11) is 2.07. The Morgan fingerprint density at radius 1 is 1.13 bits per heavy atom. The number of benzene rings is 2. The Morgan fingerprint density at radius 3 is 2.37 bits per heavy atom. The van der Waals surface area contributed by atoms with Crippen LogP contribution in [0.4, 0.5) is 0 Å². The van der Waals surface area contributed by atoms with Crippen molar-refractivity contribution in [1.29, 1.82) is 0 Å². The van der Waals surface area contributed by atoms with E-state index in [0.29, 0.717) is 18.7 Å². The number of amides is 1. The molecule has 0 spiro atoms. The molecule has 1 aliphatic rings. The van der Waals surface area contributed by atoms with Crippen LogP contribution in [0.3, 0.4) is 0 Å². The fraction of sp³-hybridized carbons (Fsp3) is 0.375. The second kappa shape index (κ2) is 8.40. The van der Waals surface area contributed by atoms with Crippen LogP contribution in [0.15, 0.2) is 54.6 Å². The molecule has 156 valence electrons. The molecule has 0 bridgehead atoms. The molecule has 1 unspecified atom stereocenters. The molecule has 30 heavy (non-hydrogen) atoms. The number of H-pyrrole nitrogens is 1. The number of likely N-dealkylation sites (N-methyl/N-ethyl adjacent to an activating group) is 1. The van der Waals surface area contributed by atoms with Gasteiger partial charge in [0.25, 0.3) is 0 Å². The second-order valence-corrected chi connectivity index (χ2v) is 8.29. The van der Waals surface area contributed by atoms with Gasteiger partial charge in [-0.2, -0.15) is 5.10 Å². The molecule has 1 amide bonds. The van der Waals surface area contributed by atoms with Gasteiger partial charge in [0, 0.05) is 19.4 Å². The largest absolute Gasteiger partial charge is 0.345 e. The van der Waals surface area contributed by atoms with E-state index in [1.54, 1.807) is 0 Å². The van der Waals surface area contributed by atoms with E-state index in [1.165, 1.54) is 16.7 Å². The first-order chi connectivity index (χ1) is 14.5. The third-order valence-electron chi connectivity index (χ3n) is 6.17. The van der Waals surface area contributed by atoms with Gasteiger partial charge in [-0.15, -0.1) is 0 Å². The van der Waals surface area contributed by atoms with Crippen molar-refractivity contribution in [1.82, 2.24) is 25.4 Å². The molecule has 0 saturated heterocycles. The minimum atomic E-state index is -0.613. The maximum Gasteiger partial charge on any atom is 0.241 e. The highest BCUT2D eigenvalue weighted by atomic mass is 16.2. The molecule has 0 saturated carbocycles. The van der Waals surface area contributed by atoms with Gasteiger partial charge in [0.15, 0.2) is 5.82 Å². The predicted octanol–water partition coefficient (Wildman–Crippen LogP) is 3.00. The van der Waals surface area contributed by atoms with Gasteiger partial charge in [-0.25, -0.2) is 4.98 Å². The van der Waals surface area contributed by atoms with E-state index in [-0.39, 0.29) is 11.9 Å². The molecule has 1 heterocycles. The van der Waals surface area contributed by atoms with Gasteiger partial charge >= 0.3 is 0 Å². The molecule has 1 atom stereocenters. The zero-order valence-corrected chi connectivity index (χ0v) is 17.9. The lowest BCUT2D eigenvalue weighted by molar-refractivity contribution is -0.133. The van der Waals surface area contributed by atoms with Crippen molar-refractivity contribution in [3.63, 3.8) is 0 Å². The van der Waals surface area contributed by atoms with Crippen molar-refractivity contribution >= 4 is 5.91 Å². The Bertz CT molecular complexity index is 988. The Labute approximate surface area is 177 Å². The van der Waals surface area contributed by atoms with Crippen molar-refractivity contribution in [3.8, 4) is 0 Å². The molecular formula is C24H29N5O. The fourth-order valence-corrected chi connectivity index (χ4v) is 4.30. The molecule has 2 N–H and O–H groups in total. The van der Waals surface area contributed by atoms with Crippen LogP contribution in [0.25, 0.3) is 0 Å². The number of nitrogens with one attached hydrogen (secondary N) is 2. The lowest BCUT2D eigenvalue weighted by atomic mass is 9.91. The number of hydrogen-bond donors (Lipinski definition) is 2. The highest BCUT2D eigenvalue weighted by Crippen LogP contribution is 2.35. The minimum Gasteiger partial charge on any atom is -0.345 e. The molecule has 6 heteroatoms. The zero-order valence-electron chi connectivity index (χ0n) is 17.9. The van der Waals surface area contributed by atoms with Crippen LogP contribution in [0.1, 0.15) is 41.3 Å². The quantitative estimate of drug-likeness (QED) is 0.636. The summed E-state index contributed by atoms with van der Waals surface area (Å²) in [6, 6.07) is 18.5. The van der Waals surface area contributed by atoms with E-state index < -0.39 is 5.54 Å². The number of carbonyl (C=O) groups excluding carboxylic acids is 1. The average Bonchev–Trinajstić information content (AvgIpc) is 3.37. The summed E-state index contributed by atoms with van der Waals surface area (Å²) < 4.78 is 0. The fourth-order valence-electron chi connectivity index (χ4n) is 4.30. The van der Waals surface area contributed by atoms with Crippen LogP contribution in [0.5, 0.6) is 0 Å². The number of aryl methyl sites for hydroxylation is 1. The van der Waals surface area contributed by atoms with Crippen molar-refractivity contribution in [2.45, 2.75) is 44.7 Å². The summed E-state index contributed by atoms with van der Waals surface area (Å²) in [4.78, 5) is 20.3. The molecule has 2 aromatic carbocycles. The number of fused-ring (bicyclic) bond motifs is 1. The smallest absolute Gasteiger partial charge is 0.241 e. The standard InChI is InChI=1S/C24H29N5O/c1-17(22-26-18(2)27-28-22)25-23(30)24(15-20-11-7-8-12-21(20)16-24)29(3)14-13-19-9-5-4-6-10-19/h4-12,17H,13-16H2,1-3H3,(H,25,30)(H,26,27,28). The van der Waals surface area contributed by atoms with Gasteiger partial charge in [0.1, 0.15) is 11.4 Å². The van der Waals surface area contributed by atoms with Crippen LogP contribution in [-0.4, -0.2) is 45.1 Å². The molecule has 0 aliphatic heterocycles. The van der Waals surface area contributed by atoms with E-state index in [1.807, 2.05) is 19.9 Å². The van der Waals surface area contributed by atoms with Crippen LogP contribution >= 0.6 is 0 Å². The number of nitrogens with zero attached hydrogens (tertiary/aromatic N) is 3. The van der Waals surface area contributed by atoms with E-state index >= 15 is 0 Å². The summed E-state index contributed by atoms with van der Waals surface area (Å²) in [5.41, 5.74) is 3.17. The third-order valence-corrected chi connectivity index (χ3v) is 6.17. The summed E-state index contributed by atoms with van der Waals surface area (Å²) in [5.74, 6) is 1.39. The minimum absolute atomic E-state index is 0.0317. The molecule has 3 aromatic rings. The lowest BCUT2D eigenvalue weighted by Crippen LogP contribution is -2.59. The van der Waals surface area contributed by atoms with E-state index in [9.17, 15) is 4.79 Å². The molecule has 1 aliphatic carbocycles. The number of hydrogen-bond acceptors (Lipinski definition) is 4. The zero-order chi connectivity index (χ0) is 21.1. The van der Waals surface area contributed by atoms with Crippen LogP contribution in [0.2, 0.25) is 0 Å². The highest BCUT2D eigenvalue weighted by molar-refractivity contribution is 5.88. The van der Waals surface area contributed by atoms with Crippen molar-refractivity contribution < 1.29 is 4.79 Å². The monoisotopic (exact) mass is 403 g/mol. The average molecular weight is 404 g/mol. The summed E-state index contributed by atoms with van der Waals surface area (Å²) in [6.45, 7) is 4.59. The van der Waals surface area contributed by atoms with E-state index in [0.717, 1.165) is 18.8 Å². The first kappa shape index (κ1) is 20.3. The number of aromatic amines is 1. The van der Waals surface area contributed by atoms with Crippen molar-refractivity contribution in [3.05, 3.63) is 82.9 Å². The molecule has 1 aromatic heterocycles. The van der Waals surface area contributed by atoms with Gasteiger partial charge in [-0.1, -0.05) is 54.6 Å². The first-order valence-corrected chi connectivity index (χ1v) is 10.5. The number of rotatable bonds is 7. The Kier molecular flexibility index (Phi) is 5.68. The number of carbonyl (C=O) groups is 1. The molecular weight excluding hydrogens is 374 g/mol. The van der Waals surface area contributed by atoms with Crippen LogP contribution in [-0.2, 0) is 24.1 Å². The van der Waals surface area contributed by atoms with Gasteiger partial charge in [0.2, 0.25) is 5.91 Å². The first-order valence-electron chi connectivity index (χ1n) is 10.5. The number of aromatic nitrogens is 3. The topological polar surface area (TPSA) is 73.9 Å². The van der Waals surface area contributed by atoms with Crippen LogP contribution < -0.4 is 5.32 Å². The summed E-state index contributed by atoms with van der Waals surface area (Å²) in [5, 5.41) is 10.2. The Balaban J connectivity index is 1.55. The maximum atomic E-state index is 13.7. The van der Waals surface area contributed by atoms with E-state index in [4.69, 9.17) is 0 Å². The molecule has 0 fully saturated rings. The van der Waals surface area contributed by atoms with Gasteiger partial charge < -0.3 is 5.32 Å². The molecule has 0 radical (unpaired) electrons. The second-order valence-electron chi connectivity index (χ2n) is 8.29. The van der Waals surface area contributed by atoms with Crippen LogP contribution in [0, 0.1) is 6.92 Å². The lowest BCUT2D eigenvalue weighted by Gasteiger charge is -2.38. The normalized spacial score (nSPS) is 15.7. The molecule has 4 rings (SSSR count).